The summed E-state index contributed by atoms with van der Waals surface area (Å²) in [6.07, 6.45) is 1.74. The minimum atomic E-state index is -0.209. The fourth-order valence-electron chi connectivity index (χ4n) is 1.16. The quantitative estimate of drug-likeness (QED) is 0.639. The number of ether oxygens (including phenoxy) is 1. The van der Waals surface area contributed by atoms with Crippen molar-refractivity contribution in [3.05, 3.63) is 12.2 Å². The highest BCUT2D eigenvalue weighted by Gasteiger charge is 2.09. The van der Waals surface area contributed by atoms with Gasteiger partial charge in [0, 0.05) is 6.54 Å². The SMILES string of the molecule is CCN(CCC(=O)OC)Cc1ncno1. The van der Waals surface area contributed by atoms with E-state index >= 15 is 0 Å². The molecule has 0 amide bonds. The minimum absolute atomic E-state index is 0.209. The van der Waals surface area contributed by atoms with Crippen molar-refractivity contribution in [1.29, 1.82) is 0 Å². The van der Waals surface area contributed by atoms with Gasteiger partial charge < -0.3 is 9.26 Å². The summed E-state index contributed by atoms with van der Waals surface area (Å²) in [6, 6.07) is 0. The average molecular weight is 213 g/mol. The molecule has 0 saturated heterocycles. The predicted octanol–water partition coefficient (Wildman–Crippen LogP) is 0.455. The Bertz CT molecular complexity index is 287. The zero-order valence-electron chi connectivity index (χ0n) is 8.97. The summed E-state index contributed by atoms with van der Waals surface area (Å²) in [4.78, 5) is 16.9. The molecule has 1 aromatic rings. The molecule has 6 nitrogen and oxygen atoms in total. The Morgan fingerprint density at radius 3 is 3.00 bits per heavy atom. The second-order valence-corrected chi connectivity index (χ2v) is 3.03. The monoisotopic (exact) mass is 213 g/mol. The zero-order chi connectivity index (χ0) is 11.1. The van der Waals surface area contributed by atoms with Gasteiger partial charge in [-0.3, -0.25) is 9.69 Å². The van der Waals surface area contributed by atoms with Gasteiger partial charge in [-0.2, -0.15) is 4.98 Å². The van der Waals surface area contributed by atoms with Gasteiger partial charge in [-0.05, 0) is 6.54 Å². The summed E-state index contributed by atoms with van der Waals surface area (Å²) in [5.74, 6) is 0.348. The van der Waals surface area contributed by atoms with Gasteiger partial charge in [0.25, 0.3) is 0 Å². The second-order valence-electron chi connectivity index (χ2n) is 3.03. The van der Waals surface area contributed by atoms with Crippen molar-refractivity contribution in [2.24, 2.45) is 0 Å². The molecule has 0 bridgehead atoms. The number of hydrogen-bond acceptors (Lipinski definition) is 6. The molecule has 0 fully saturated rings. The van der Waals surface area contributed by atoms with Crippen LogP contribution in [0.1, 0.15) is 19.2 Å². The fraction of sp³-hybridized carbons (Fsp3) is 0.667. The molecule has 15 heavy (non-hydrogen) atoms. The van der Waals surface area contributed by atoms with Crippen LogP contribution in [0.3, 0.4) is 0 Å². The van der Waals surface area contributed by atoms with Crippen molar-refractivity contribution >= 4 is 5.97 Å². The molecule has 1 aromatic heterocycles. The lowest BCUT2D eigenvalue weighted by atomic mass is 10.3. The lowest BCUT2D eigenvalue weighted by Gasteiger charge is -2.16. The van der Waals surface area contributed by atoms with E-state index in [4.69, 9.17) is 4.52 Å². The van der Waals surface area contributed by atoms with Gasteiger partial charge in [0.2, 0.25) is 5.89 Å². The summed E-state index contributed by atoms with van der Waals surface area (Å²) in [7, 11) is 1.39. The van der Waals surface area contributed by atoms with E-state index in [1.165, 1.54) is 13.4 Å². The predicted molar refractivity (Wildman–Crippen MR) is 51.9 cm³/mol. The fourth-order valence-corrected chi connectivity index (χ4v) is 1.16. The number of nitrogens with zero attached hydrogens (tertiary/aromatic N) is 3. The van der Waals surface area contributed by atoms with E-state index in [-0.39, 0.29) is 5.97 Å². The van der Waals surface area contributed by atoms with E-state index in [9.17, 15) is 4.79 Å². The van der Waals surface area contributed by atoms with Gasteiger partial charge >= 0.3 is 5.97 Å². The van der Waals surface area contributed by atoms with Crippen LogP contribution < -0.4 is 0 Å². The van der Waals surface area contributed by atoms with E-state index in [2.05, 4.69) is 14.9 Å². The molecule has 0 saturated carbocycles. The first-order chi connectivity index (χ1) is 7.26. The van der Waals surface area contributed by atoms with Crippen LogP contribution in [0.25, 0.3) is 0 Å². The molecule has 0 unspecified atom stereocenters. The second kappa shape index (κ2) is 6.13. The molecule has 1 rings (SSSR count). The number of aromatic nitrogens is 2. The average Bonchev–Trinajstić information content (AvgIpc) is 2.76. The number of carbonyl (C=O) groups excluding carboxylic acids is 1. The Morgan fingerprint density at radius 2 is 2.47 bits per heavy atom. The van der Waals surface area contributed by atoms with E-state index in [0.29, 0.717) is 25.4 Å². The smallest absolute Gasteiger partial charge is 0.306 e. The van der Waals surface area contributed by atoms with E-state index in [1.54, 1.807) is 0 Å². The lowest BCUT2D eigenvalue weighted by molar-refractivity contribution is -0.141. The molecule has 0 N–H and O–H groups in total. The maximum atomic E-state index is 10.9. The van der Waals surface area contributed by atoms with Crippen LogP contribution in [-0.2, 0) is 16.1 Å². The summed E-state index contributed by atoms with van der Waals surface area (Å²) in [5, 5.41) is 3.52. The first-order valence-electron chi connectivity index (χ1n) is 4.81. The molecular formula is C9H15N3O3. The van der Waals surface area contributed by atoms with Crippen LogP contribution in [0.2, 0.25) is 0 Å². The molecule has 0 radical (unpaired) electrons. The van der Waals surface area contributed by atoms with Crippen LogP contribution in [0.5, 0.6) is 0 Å². The first kappa shape index (κ1) is 11.6. The van der Waals surface area contributed by atoms with Crippen molar-refractivity contribution in [2.75, 3.05) is 20.2 Å². The molecule has 84 valence electrons. The van der Waals surface area contributed by atoms with Crippen molar-refractivity contribution in [2.45, 2.75) is 19.9 Å². The van der Waals surface area contributed by atoms with Gasteiger partial charge in [-0.25, -0.2) is 0 Å². The summed E-state index contributed by atoms with van der Waals surface area (Å²) >= 11 is 0. The summed E-state index contributed by atoms with van der Waals surface area (Å²) in [5.41, 5.74) is 0. The Hall–Kier alpha value is -1.43. The normalized spacial score (nSPS) is 10.6. The minimum Gasteiger partial charge on any atom is -0.469 e. The summed E-state index contributed by atoms with van der Waals surface area (Å²) in [6.45, 7) is 4.02. The zero-order valence-corrected chi connectivity index (χ0v) is 8.97. The molecule has 6 heteroatoms. The lowest BCUT2D eigenvalue weighted by Crippen LogP contribution is -2.26. The van der Waals surface area contributed by atoms with Crippen LogP contribution >= 0.6 is 0 Å². The molecule has 0 spiro atoms. The van der Waals surface area contributed by atoms with E-state index in [1.807, 2.05) is 11.8 Å². The van der Waals surface area contributed by atoms with Gasteiger partial charge in [0.15, 0.2) is 6.33 Å². The topological polar surface area (TPSA) is 68.5 Å². The highest BCUT2D eigenvalue weighted by Crippen LogP contribution is 2.01. The molecular weight excluding hydrogens is 198 g/mol. The number of methoxy groups -OCH3 is 1. The summed E-state index contributed by atoms with van der Waals surface area (Å²) < 4.78 is 9.44. The Balaban J connectivity index is 2.33. The third kappa shape index (κ3) is 4.07. The first-order valence-corrected chi connectivity index (χ1v) is 4.81. The van der Waals surface area contributed by atoms with Crippen LogP contribution in [0, 0.1) is 0 Å². The van der Waals surface area contributed by atoms with Gasteiger partial charge in [0.05, 0.1) is 20.1 Å². The maximum Gasteiger partial charge on any atom is 0.306 e. The molecule has 1 heterocycles. The molecule has 0 aliphatic carbocycles. The van der Waals surface area contributed by atoms with E-state index in [0.717, 1.165) is 6.54 Å². The number of esters is 1. The van der Waals surface area contributed by atoms with Crippen molar-refractivity contribution < 1.29 is 14.1 Å². The molecule has 0 aliphatic heterocycles. The van der Waals surface area contributed by atoms with Gasteiger partial charge in [0.1, 0.15) is 0 Å². The van der Waals surface area contributed by atoms with Crippen molar-refractivity contribution in [3.63, 3.8) is 0 Å². The maximum absolute atomic E-state index is 10.9. The van der Waals surface area contributed by atoms with Gasteiger partial charge in [-0.15, -0.1) is 0 Å². The third-order valence-electron chi connectivity index (χ3n) is 2.07. The highest BCUT2D eigenvalue weighted by atomic mass is 16.5. The number of rotatable bonds is 6. The Kier molecular flexibility index (Phi) is 4.76. The largest absolute Gasteiger partial charge is 0.469 e. The number of hydrogen-bond donors (Lipinski definition) is 0. The highest BCUT2D eigenvalue weighted by molar-refractivity contribution is 5.69. The van der Waals surface area contributed by atoms with Gasteiger partial charge in [-0.1, -0.05) is 12.1 Å². The van der Waals surface area contributed by atoms with Crippen molar-refractivity contribution in [1.82, 2.24) is 15.0 Å². The van der Waals surface area contributed by atoms with Crippen LogP contribution in [-0.4, -0.2) is 41.2 Å². The standard InChI is InChI=1S/C9H15N3O3/c1-3-12(5-4-9(13)14-2)6-8-10-7-11-15-8/h7H,3-6H2,1-2H3. The Morgan fingerprint density at radius 1 is 1.67 bits per heavy atom. The number of carbonyl (C=O) groups is 1. The van der Waals surface area contributed by atoms with Crippen LogP contribution in [0.4, 0.5) is 0 Å². The van der Waals surface area contributed by atoms with Crippen LogP contribution in [0.15, 0.2) is 10.9 Å². The van der Waals surface area contributed by atoms with Crippen molar-refractivity contribution in [3.8, 4) is 0 Å². The third-order valence-corrected chi connectivity index (χ3v) is 2.07. The van der Waals surface area contributed by atoms with E-state index < -0.39 is 0 Å². The molecule has 0 atom stereocenters. The molecule has 0 aliphatic rings. The Labute approximate surface area is 88.2 Å². The molecule has 0 aromatic carbocycles.